The first-order valence-electron chi connectivity index (χ1n) is 13.3. The summed E-state index contributed by atoms with van der Waals surface area (Å²) in [5.41, 5.74) is 8.93. The molecule has 0 fully saturated rings. The second-order valence-corrected chi connectivity index (χ2v) is 11.7. The number of nitrogens with zero attached hydrogens (tertiary/aromatic N) is 2. The fraction of sp³-hybridized carbons (Fsp3) is 0.581. The monoisotopic (exact) mass is 447 g/mol. The zero-order valence-electron chi connectivity index (χ0n) is 22.5. The summed E-state index contributed by atoms with van der Waals surface area (Å²) in [6.45, 7) is 20.8. The van der Waals surface area contributed by atoms with Crippen LogP contribution in [0.5, 0.6) is 0 Å². The maximum Gasteiger partial charge on any atom is 0.244 e. The van der Waals surface area contributed by atoms with Crippen LogP contribution in [-0.2, 0) is 25.7 Å². The van der Waals surface area contributed by atoms with Gasteiger partial charge in [-0.15, -0.1) is 0 Å². The summed E-state index contributed by atoms with van der Waals surface area (Å²) >= 11 is 0. The molecular weight excluding hydrogens is 400 g/mol. The van der Waals surface area contributed by atoms with Gasteiger partial charge in [0.2, 0.25) is 6.34 Å². The van der Waals surface area contributed by atoms with Crippen molar-refractivity contribution >= 4 is 17.7 Å². The van der Waals surface area contributed by atoms with Crippen molar-refractivity contribution in [3.63, 3.8) is 0 Å². The zero-order chi connectivity index (χ0) is 24.1. The molecule has 0 N–H and O–H groups in total. The minimum atomic E-state index is 0.654. The van der Waals surface area contributed by atoms with E-state index in [2.05, 4.69) is 108 Å². The van der Waals surface area contributed by atoms with Gasteiger partial charge in [0.1, 0.15) is 24.5 Å². The van der Waals surface area contributed by atoms with E-state index in [9.17, 15) is 0 Å². The summed E-state index contributed by atoms with van der Waals surface area (Å²) in [6.07, 6.45) is 6.95. The first-order valence-corrected chi connectivity index (χ1v) is 13.3. The molecule has 0 amide bonds. The van der Waals surface area contributed by atoms with Gasteiger partial charge in [0.15, 0.2) is 0 Å². The van der Waals surface area contributed by atoms with Gasteiger partial charge < -0.3 is 0 Å². The molecule has 2 heteroatoms. The second-order valence-electron chi connectivity index (χ2n) is 11.7. The molecule has 180 valence electrons. The van der Waals surface area contributed by atoms with E-state index in [0.29, 0.717) is 23.7 Å². The lowest BCUT2D eigenvalue weighted by atomic mass is 9.93. The maximum absolute atomic E-state index is 2.56. The van der Waals surface area contributed by atoms with Crippen LogP contribution in [0.15, 0.2) is 36.4 Å². The third-order valence-corrected chi connectivity index (χ3v) is 6.35. The molecule has 3 rings (SSSR count). The van der Waals surface area contributed by atoms with Gasteiger partial charge in [-0.05, 0) is 71.6 Å². The predicted molar refractivity (Wildman–Crippen MR) is 145 cm³/mol. The highest BCUT2D eigenvalue weighted by atomic mass is 15.3. The van der Waals surface area contributed by atoms with Crippen molar-refractivity contribution in [1.29, 1.82) is 0 Å². The van der Waals surface area contributed by atoms with E-state index in [4.69, 9.17) is 0 Å². The van der Waals surface area contributed by atoms with E-state index in [1.807, 2.05) is 0 Å². The smallest absolute Gasteiger partial charge is 0.229 e. The van der Waals surface area contributed by atoms with Crippen molar-refractivity contribution < 1.29 is 4.58 Å². The van der Waals surface area contributed by atoms with Crippen LogP contribution in [0.4, 0.5) is 11.4 Å². The molecule has 0 aromatic heterocycles. The summed E-state index contributed by atoms with van der Waals surface area (Å²) in [6, 6.07) is 14.0. The molecule has 0 atom stereocenters. The van der Waals surface area contributed by atoms with Gasteiger partial charge in [-0.3, -0.25) is 0 Å². The third-order valence-electron chi connectivity index (χ3n) is 6.35. The van der Waals surface area contributed by atoms with Crippen LogP contribution in [0.2, 0.25) is 0 Å². The number of rotatable bonds is 10. The Morgan fingerprint density at radius 3 is 1.45 bits per heavy atom. The van der Waals surface area contributed by atoms with Gasteiger partial charge in [0.05, 0.1) is 0 Å². The van der Waals surface area contributed by atoms with Crippen molar-refractivity contribution in [3.8, 4) is 0 Å². The molecule has 1 aliphatic heterocycles. The predicted octanol–water partition coefficient (Wildman–Crippen LogP) is 7.67. The molecule has 0 aliphatic carbocycles. The Morgan fingerprint density at radius 1 is 0.636 bits per heavy atom. The first-order chi connectivity index (χ1) is 15.7. The molecule has 0 saturated carbocycles. The standard InChI is InChI=1S/C31H47N2/c1-22(2)17-26-11-9-12-27(18-23(3)4)30(26)32-15-16-33(21-32)31-28(19-24(5)6)13-10-14-29(31)20-25(7)8/h9-14,21-25H,15-20H2,1-8H3/q+1. The van der Waals surface area contributed by atoms with E-state index in [1.165, 1.54) is 33.6 Å². The Bertz CT molecular complexity index is 893. The minimum Gasteiger partial charge on any atom is -0.229 e. The third kappa shape index (κ3) is 6.71. The number of benzene rings is 2. The zero-order valence-corrected chi connectivity index (χ0v) is 22.5. The first kappa shape index (κ1) is 25.5. The van der Waals surface area contributed by atoms with Crippen LogP contribution >= 0.6 is 0 Å². The molecule has 0 spiro atoms. The van der Waals surface area contributed by atoms with Crippen LogP contribution < -0.4 is 4.90 Å². The average Bonchev–Trinajstić information content (AvgIpc) is 3.15. The van der Waals surface area contributed by atoms with Gasteiger partial charge in [-0.2, -0.15) is 0 Å². The van der Waals surface area contributed by atoms with Crippen molar-refractivity contribution in [2.24, 2.45) is 23.7 Å². The Labute approximate surface area is 203 Å². The summed E-state index contributed by atoms with van der Waals surface area (Å²) in [7, 11) is 0. The number of hydrogen-bond acceptors (Lipinski definition) is 1. The molecule has 33 heavy (non-hydrogen) atoms. The summed E-state index contributed by atoms with van der Waals surface area (Å²) in [5, 5.41) is 0. The van der Waals surface area contributed by atoms with Gasteiger partial charge in [-0.25, -0.2) is 9.48 Å². The lowest BCUT2D eigenvalue weighted by molar-refractivity contribution is -0.425. The number of hydrogen-bond donors (Lipinski definition) is 0. The topological polar surface area (TPSA) is 6.25 Å². The molecule has 0 radical (unpaired) electrons. The summed E-state index contributed by atoms with van der Waals surface area (Å²) in [4.78, 5) is 2.56. The summed E-state index contributed by atoms with van der Waals surface area (Å²) in [5.74, 6) is 2.62. The highest BCUT2D eigenvalue weighted by Gasteiger charge is 2.30. The molecule has 2 aromatic rings. The van der Waals surface area contributed by atoms with Crippen LogP contribution in [0.25, 0.3) is 0 Å². The van der Waals surface area contributed by atoms with Gasteiger partial charge in [-0.1, -0.05) is 91.8 Å². The molecule has 0 saturated heterocycles. The molecule has 0 unspecified atom stereocenters. The minimum absolute atomic E-state index is 0.654. The van der Waals surface area contributed by atoms with E-state index in [0.717, 1.165) is 38.8 Å². The van der Waals surface area contributed by atoms with Crippen molar-refractivity contribution in [2.75, 3.05) is 18.0 Å². The quantitative estimate of drug-likeness (QED) is 0.339. The molecule has 1 heterocycles. The highest BCUT2D eigenvalue weighted by Crippen LogP contribution is 2.33. The number of para-hydroxylation sites is 2. The molecule has 2 aromatic carbocycles. The largest absolute Gasteiger partial charge is 0.244 e. The van der Waals surface area contributed by atoms with Gasteiger partial charge >= 0.3 is 0 Å². The SMILES string of the molecule is CC(C)Cc1cccc(CC(C)C)c1N1C=[N+](c2c(CC(C)C)cccc2CC(C)C)CC1. The Hall–Kier alpha value is -2.09. The lowest BCUT2D eigenvalue weighted by Gasteiger charge is -2.19. The van der Waals surface area contributed by atoms with Crippen molar-refractivity contribution in [1.82, 2.24) is 0 Å². The van der Waals surface area contributed by atoms with Crippen LogP contribution in [0.3, 0.4) is 0 Å². The Balaban J connectivity index is 2.08. The van der Waals surface area contributed by atoms with E-state index >= 15 is 0 Å². The average molecular weight is 448 g/mol. The van der Waals surface area contributed by atoms with Crippen LogP contribution in [0, 0.1) is 23.7 Å². The second kappa shape index (κ2) is 11.4. The van der Waals surface area contributed by atoms with E-state index in [-0.39, 0.29) is 0 Å². The summed E-state index contributed by atoms with van der Waals surface area (Å²) < 4.78 is 2.56. The molecule has 1 aliphatic rings. The fourth-order valence-corrected chi connectivity index (χ4v) is 5.28. The fourth-order valence-electron chi connectivity index (χ4n) is 5.28. The molecule has 0 bridgehead atoms. The van der Waals surface area contributed by atoms with Crippen molar-refractivity contribution in [3.05, 3.63) is 58.7 Å². The molecule has 2 nitrogen and oxygen atoms in total. The van der Waals surface area contributed by atoms with Crippen LogP contribution in [-0.4, -0.2) is 24.0 Å². The Kier molecular flexibility index (Phi) is 8.79. The van der Waals surface area contributed by atoms with Crippen LogP contribution in [0.1, 0.15) is 77.6 Å². The van der Waals surface area contributed by atoms with E-state index < -0.39 is 0 Å². The normalized spacial score (nSPS) is 14.3. The maximum atomic E-state index is 2.56. The highest BCUT2D eigenvalue weighted by molar-refractivity contribution is 5.82. The lowest BCUT2D eigenvalue weighted by Crippen LogP contribution is -2.22. The van der Waals surface area contributed by atoms with Crippen molar-refractivity contribution in [2.45, 2.75) is 81.1 Å². The van der Waals surface area contributed by atoms with Gasteiger partial charge in [0, 0.05) is 0 Å². The number of anilines is 1. The molecular formula is C31H47N2+. The Morgan fingerprint density at radius 2 is 1.03 bits per heavy atom. The van der Waals surface area contributed by atoms with Gasteiger partial charge in [0.25, 0.3) is 0 Å². The van der Waals surface area contributed by atoms with E-state index in [1.54, 1.807) is 0 Å².